The number of amides is 1. The van der Waals surface area contributed by atoms with E-state index >= 15 is 0 Å². The largest absolute Gasteiger partial charge is 0.460 e. The highest BCUT2D eigenvalue weighted by molar-refractivity contribution is 6.31. The summed E-state index contributed by atoms with van der Waals surface area (Å²) in [5.41, 5.74) is 2.94. The Labute approximate surface area is 186 Å². The second-order valence-corrected chi connectivity index (χ2v) is 7.61. The molecule has 160 valence electrons. The number of halogens is 1. The fourth-order valence-electron chi connectivity index (χ4n) is 3.71. The van der Waals surface area contributed by atoms with Crippen LogP contribution in [0.25, 0.3) is 0 Å². The van der Waals surface area contributed by atoms with Crippen molar-refractivity contribution in [2.24, 2.45) is 0 Å². The van der Waals surface area contributed by atoms with Gasteiger partial charge in [-0.3, -0.25) is 4.79 Å². The number of hydrogen-bond donors (Lipinski definition) is 0. The average molecular weight is 439 g/mol. The monoisotopic (exact) mass is 438 g/mol. The van der Waals surface area contributed by atoms with Crippen molar-refractivity contribution in [1.29, 1.82) is 5.26 Å². The van der Waals surface area contributed by atoms with Crippen molar-refractivity contribution in [2.75, 3.05) is 20.3 Å². The fourth-order valence-corrected chi connectivity index (χ4v) is 3.98. The standard InChI is InChI=1S/C24H23ClN2O4/c1-16-23(24(29)31-11-10-30-2)20(19-8-3-4-9-21(19)25)13-22(28)27(16)15-18-7-5-6-17(12-18)14-26/h3-9,12,20H,10-11,13,15H2,1-2H3. The van der Waals surface area contributed by atoms with Crippen LogP contribution in [0.2, 0.25) is 5.02 Å². The minimum absolute atomic E-state index is 0.0910. The number of hydrogen-bond acceptors (Lipinski definition) is 5. The summed E-state index contributed by atoms with van der Waals surface area (Å²) < 4.78 is 10.4. The maximum absolute atomic E-state index is 13.1. The third kappa shape index (κ3) is 5.13. The summed E-state index contributed by atoms with van der Waals surface area (Å²) in [6.07, 6.45) is 0.0910. The molecule has 31 heavy (non-hydrogen) atoms. The van der Waals surface area contributed by atoms with Gasteiger partial charge >= 0.3 is 5.97 Å². The summed E-state index contributed by atoms with van der Waals surface area (Å²) in [6.45, 7) is 2.38. The van der Waals surface area contributed by atoms with Gasteiger partial charge in [-0.15, -0.1) is 0 Å². The van der Waals surface area contributed by atoms with Crippen LogP contribution < -0.4 is 0 Å². The Balaban J connectivity index is 2.01. The smallest absolute Gasteiger partial charge is 0.336 e. The quantitative estimate of drug-likeness (QED) is 0.478. The molecule has 3 rings (SSSR count). The maximum atomic E-state index is 13.1. The Morgan fingerprint density at radius 1 is 1.23 bits per heavy atom. The summed E-state index contributed by atoms with van der Waals surface area (Å²) in [6, 6.07) is 16.4. The van der Waals surface area contributed by atoms with E-state index in [1.807, 2.05) is 18.2 Å². The van der Waals surface area contributed by atoms with Crippen molar-refractivity contribution < 1.29 is 19.1 Å². The van der Waals surface area contributed by atoms with Gasteiger partial charge in [-0.05, 0) is 36.2 Å². The zero-order chi connectivity index (χ0) is 22.4. The molecule has 1 aliphatic rings. The Morgan fingerprint density at radius 2 is 2.00 bits per heavy atom. The lowest BCUT2D eigenvalue weighted by Crippen LogP contribution is -2.38. The lowest BCUT2D eigenvalue weighted by atomic mass is 9.83. The first-order chi connectivity index (χ1) is 15.0. The van der Waals surface area contributed by atoms with Gasteiger partial charge in [0.15, 0.2) is 0 Å². The third-order valence-electron chi connectivity index (χ3n) is 5.24. The van der Waals surface area contributed by atoms with E-state index in [-0.39, 0.29) is 32.1 Å². The lowest BCUT2D eigenvalue weighted by Gasteiger charge is -2.35. The van der Waals surface area contributed by atoms with Gasteiger partial charge in [0, 0.05) is 30.2 Å². The van der Waals surface area contributed by atoms with Gasteiger partial charge in [-0.2, -0.15) is 5.26 Å². The van der Waals surface area contributed by atoms with Crippen LogP contribution in [0, 0.1) is 11.3 Å². The molecule has 1 atom stereocenters. The van der Waals surface area contributed by atoms with Crippen LogP contribution in [-0.4, -0.2) is 37.1 Å². The minimum Gasteiger partial charge on any atom is -0.460 e. The maximum Gasteiger partial charge on any atom is 0.336 e. The summed E-state index contributed by atoms with van der Waals surface area (Å²) >= 11 is 6.40. The molecule has 2 aromatic rings. The summed E-state index contributed by atoms with van der Waals surface area (Å²) in [5.74, 6) is -1.13. The number of ether oxygens (including phenoxy) is 2. The van der Waals surface area contributed by atoms with E-state index in [1.165, 1.54) is 7.11 Å². The SMILES string of the molecule is COCCOC(=O)C1=C(C)N(Cc2cccc(C#N)c2)C(=O)CC1c1ccccc1Cl. The summed E-state index contributed by atoms with van der Waals surface area (Å²) in [7, 11) is 1.53. The fraction of sp³-hybridized carbons (Fsp3) is 0.292. The Bertz CT molecular complexity index is 1060. The van der Waals surface area contributed by atoms with Crippen LogP contribution in [-0.2, 0) is 25.6 Å². The number of methoxy groups -OCH3 is 1. The molecule has 0 N–H and O–H groups in total. The van der Waals surface area contributed by atoms with E-state index in [2.05, 4.69) is 6.07 Å². The first kappa shape index (κ1) is 22.5. The molecule has 1 heterocycles. The molecule has 0 aliphatic carbocycles. The molecule has 1 amide bonds. The van der Waals surface area contributed by atoms with Gasteiger partial charge in [-0.1, -0.05) is 41.9 Å². The van der Waals surface area contributed by atoms with Crippen LogP contribution in [0.4, 0.5) is 0 Å². The topological polar surface area (TPSA) is 79.6 Å². The molecule has 0 bridgehead atoms. The predicted molar refractivity (Wildman–Crippen MR) is 116 cm³/mol. The molecule has 0 radical (unpaired) electrons. The lowest BCUT2D eigenvalue weighted by molar-refractivity contribution is -0.141. The van der Waals surface area contributed by atoms with E-state index < -0.39 is 11.9 Å². The molecule has 2 aromatic carbocycles. The van der Waals surface area contributed by atoms with Crippen molar-refractivity contribution in [3.05, 3.63) is 81.5 Å². The number of nitrogens with zero attached hydrogens (tertiary/aromatic N) is 2. The molecule has 0 saturated carbocycles. The molecular formula is C24H23ClN2O4. The Morgan fingerprint density at radius 3 is 2.71 bits per heavy atom. The van der Waals surface area contributed by atoms with Crippen LogP contribution in [0.15, 0.2) is 59.8 Å². The van der Waals surface area contributed by atoms with Crippen molar-refractivity contribution in [3.8, 4) is 6.07 Å². The zero-order valence-electron chi connectivity index (χ0n) is 17.4. The van der Waals surface area contributed by atoms with Gasteiger partial charge < -0.3 is 14.4 Å². The number of carbonyl (C=O) groups excluding carboxylic acids is 2. The highest BCUT2D eigenvalue weighted by atomic mass is 35.5. The molecule has 7 heteroatoms. The van der Waals surface area contributed by atoms with Gasteiger partial charge in [-0.25, -0.2) is 4.79 Å². The van der Waals surface area contributed by atoms with Crippen LogP contribution in [0.5, 0.6) is 0 Å². The van der Waals surface area contributed by atoms with Crippen molar-refractivity contribution in [2.45, 2.75) is 25.8 Å². The zero-order valence-corrected chi connectivity index (χ0v) is 18.2. The number of benzene rings is 2. The van der Waals surface area contributed by atoms with E-state index in [0.29, 0.717) is 27.4 Å². The number of esters is 1. The molecule has 0 fully saturated rings. The van der Waals surface area contributed by atoms with Gasteiger partial charge in [0.05, 0.1) is 30.4 Å². The molecule has 0 spiro atoms. The molecule has 0 saturated heterocycles. The van der Waals surface area contributed by atoms with E-state index in [1.54, 1.807) is 42.2 Å². The minimum atomic E-state index is -0.502. The molecular weight excluding hydrogens is 416 g/mol. The highest BCUT2D eigenvalue weighted by Gasteiger charge is 2.37. The third-order valence-corrected chi connectivity index (χ3v) is 5.59. The first-order valence-corrected chi connectivity index (χ1v) is 10.2. The number of carbonyl (C=O) groups is 2. The average Bonchev–Trinajstić information content (AvgIpc) is 2.77. The second kappa shape index (κ2) is 10.3. The van der Waals surface area contributed by atoms with E-state index in [4.69, 9.17) is 26.3 Å². The van der Waals surface area contributed by atoms with E-state index in [9.17, 15) is 9.59 Å². The number of nitriles is 1. The van der Waals surface area contributed by atoms with Crippen molar-refractivity contribution in [1.82, 2.24) is 4.90 Å². The molecule has 1 unspecified atom stereocenters. The Hall–Kier alpha value is -3.14. The molecule has 6 nitrogen and oxygen atoms in total. The predicted octanol–water partition coefficient (Wildman–Crippen LogP) is 4.19. The van der Waals surface area contributed by atoms with Crippen LogP contribution in [0.1, 0.15) is 36.0 Å². The first-order valence-electron chi connectivity index (χ1n) is 9.87. The van der Waals surface area contributed by atoms with Crippen molar-refractivity contribution >= 4 is 23.5 Å². The van der Waals surface area contributed by atoms with Crippen LogP contribution in [0.3, 0.4) is 0 Å². The van der Waals surface area contributed by atoms with Gasteiger partial charge in [0.1, 0.15) is 6.61 Å². The number of rotatable bonds is 7. The van der Waals surface area contributed by atoms with Crippen molar-refractivity contribution in [3.63, 3.8) is 0 Å². The molecule has 0 aromatic heterocycles. The normalized spacial score (nSPS) is 16.3. The van der Waals surface area contributed by atoms with Crippen LogP contribution >= 0.6 is 11.6 Å². The summed E-state index contributed by atoms with van der Waals surface area (Å²) in [4.78, 5) is 27.7. The Kier molecular flexibility index (Phi) is 7.45. The highest BCUT2D eigenvalue weighted by Crippen LogP contribution is 2.40. The van der Waals surface area contributed by atoms with E-state index in [0.717, 1.165) is 5.56 Å². The molecule has 1 aliphatic heterocycles. The van der Waals surface area contributed by atoms with Gasteiger partial charge in [0.25, 0.3) is 0 Å². The summed E-state index contributed by atoms with van der Waals surface area (Å²) in [5, 5.41) is 9.64. The second-order valence-electron chi connectivity index (χ2n) is 7.20. The van der Waals surface area contributed by atoms with Gasteiger partial charge in [0.2, 0.25) is 5.91 Å². The number of allylic oxidation sites excluding steroid dienone is 1.